The van der Waals surface area contributed by atoms with Crippen molar-refractivity contribution in [3.05, 3.63) is 0 Å². The Labute approximate surface area is 296 Å². The van der Waals surface area contributed by atoms with Crippen LogP contribution in [0, 0.1) is 5.92 Å². The summed E-state index contributed by atoms with van der Waals surface area (Å²) in [6.45, 7) is 3.49. The summed E-state index contributed by atoms with van der Waals surface area (Å²) >= 11 is 0. The van der Waals surface area contributed by atoms with Crippen LogP contribution in [0.15, 0.2) is 0 Å². The molecule has 0 amide bonds. The molecule has 0 aromatic heterocycles. The lowest BCUT2D eigenvalue weighted by atomic mass is 9.98. The fourth-order valence-electron chi connectivity index (χ4n) is 5.24. The molecular weight excluding hydrogens is 772 g/mol. The number of halogens is 16. The molecular formula is C29H46F16N4O4. The highest BCUT2D eigenvalue weighted by molar-refractivity contribution is 4.95. The van der Waals surface area contributed by atoms with Gasteiger partial charge in [-0.2, -0.15) is 70.2 Å². The lowest BCUT2D eigenvalue weighted by Crippen LogP contribution is -2.66. The SMILES string of the molecule is CCOC(F)(F)C(F)(F)C(F)(F)N1CCC(C)CC1.COC(F)(F)C(F)(F)C(F)(F)N1CC(C)OC(C)C1.COC(F)(F)C(F)(F)N1CCN(C)CC1. The van der Waals surface area contributed by atoms with Gasteiger partial charge in [0.1, 0.15) is 0 Å². The van der Waals surface area contributed by atoms with Gasteiger partial charge in [-0.3, -0.25) is 0 Å². The number of likely N-dealkylation sites (tertiary alicyclic amines) is 1. The number of ether oxygens (including phenoxy) is 4. The van der Waals surface area contributed by atoms with Crippen LogP contribution in [0.4, 0.5) is 70.2 Å². The van der Waals surface area contributed by atoms with Crippen molar-refractivity contribution in [1.82, 2.24) is 19.6 Å². The van der Waals surface area contributed by atoms with Gasteiger partial charge in [-0.25, -0.2) is 14.7 Å². The van der Waals surface area contributed by atoms with E-state index in [2.05, 4.69) is 14.2 Å². The second-order valence-corrected chi connectivity index (χ2v) is 12.8. The quantitative estimate of drug-likeness (QED) is 0.152. The number of methoxy groups -OCH3 is 2. The van der Waals surface area contributed by atoms with Crippen LogP contribution in [0.2, 0.25) is 0 Å². The van der Waals surface area contributed by atoms with E-state index in [1.54, 1.807) is 18.9 Å². The molecule has 318 valence electrons. The molecule has 0 spiro atoms. The maximum absolute atomic E-state index is 13.7. The highest BCUT2D eigenvalue weighted by atomic mass is 19.4. The van der Waals surface area contributed by atoms with Crippen LogP contribution in [0.3, 0.4) is 0 Å². The van der Waals surface area contributed by atoms with E-state index in [0.29, 0.717) is 25.1 Å². The summed E-state index contributed by atoms with van der Waals surface area (Å²) in [6.07, 6.45) is -15.9. The van der Waals surface area contributed by atoms with Gasteiger partial charge >= 0.3 is 48.3 Å². The van der Waals surface area contributed by atoms with Gasteiger partial charge in [0.25, 0.3) is 0 Å². The molecule has 0 aromatic carbocycles. The van der Waals surface area contributed by atoms with E-state index in [4.69, 9.17) is 4.74 Å². The van der Waals surface area contributed by atoms with Crippen LogP contribution < -0.4 is 0 Å². The number of morpholine rings is 1. The van der Waals surface area contributed by atoms with Gasteiger partial charge in [0.05, 0.1) is 18.8 Å². The number of rotatable bonds is 12. The zero-order chi connectivity index (χ0) is 41.6. The Kier molecular flexibility index (Phi) is 17.0. The van der Waals surface area contributed by atoms with Crippen LogP contribution in [0.1, 0.15) is 40.5 Å². The molecule has 0 N–H and O–H groups in total. The standard InChI is InChI=1S/C11H17F6NO.C10H15F6NO2.C8H14F4N2O/c1-3-19-11(16,17)9(12,13)10(14,15)18-6-4-8(2)5-7-18;1-6-4-17(5-7(2)19-6)9(13,14)8(11,12)10(15,16)18-3;1-13-3-5-14(6-4-13)7(9,10)8(11,12)15-2/h8H,3-7H2,1-2H3;6-7H,4-5H2,1-3H3;3-6H2,1-2H3. The molecule has 8 nitrogen and oxygen atoms in total. The largest absolute Gasteiger partial charge is 0.434 e. The van der Waals surface area contributed by atoms with Crippen LogP contribution in [-0.4, -0.2) is 160 Å². The molecule has 24 heteroatoms. The molecule has 3 fully saturated rings. The Balaban J connectivity index is 0.000000401. The van der Waals surface area contributed by atoms with E-state index in [-0.39, 0.29) is 61.8 Å². The third-order valence-electron chi connectivity index (χ3n) is 8.57. The monoisotopic (exact) mass is 818 g/mol. The van der Waals surface area contributed by atoms with Gasteiger partial charge in [0.15, 0.2) is 0 Å². The van der Waals surface area contributed by atoms with Crippen LogP contribution in [-0.2, 0) is 18.9 Å². The molecule has 3 heterocycles. The molecule has 2 unspecified atom stereocenters. The van der Waals surface area contributed by atoms with Gasteiger partial charge in [0.2, 0.25) is 0 Å². The van der Waals surface area contributed by atoms with E-state index in [9.17, 15) is 70.2 Å². The third kappa shape index (κ3) is 11.1. The molecule has 0 radical (unpaired) electrons. The average molecular weight is 819 g/mol. The van der Waals surface area contributed by atoms with Crippen molar-refractivity contribution in [2.24, 2.45) is 5.92 Å². The van der Waals surface area contributed by atoms with Gasteiger partial charge in [0, 0.05) is 66.6 Å². The smallest absolute Gasteiger partial charge is 0.373 e. The van der Waals surface area contributed by atoms with E-state index >= 15 is 0 Å². The van der Waals surface area contributed by atoms with E-state index < -0.39 is 80.2 Å². The maximum atomic E-state index is 13.7. The lowest BCUT2D eigenvalue weighted by molar-refractivity contribution is -0.423. The summed E-state index contributed by atoms with van der Waals surface area (Å²) in [6, 6.07) is -14.2. The molecule has 0 aliphatic carbocycles. The highest BCUT2D eigenvalue weighted by Gasteiger charge is 2.76. The van der Waals surface area contributed by atoms with Crippen molar-refractivity contribution in [2.75, 3.05) is 80.2 Å². The second-order valence-electron chi connectivity index (χ2n) is 12.8. The predicted octanol–water partition coefficient (Wildman–Crippen LogP) is 7.20. The van der Waals surface area contributed by atoms with E-state index in [1.807, 2.05) is 0 Å². The summed E-state index contributed by atoms with van der Waals surface area (Å²) in [5, 5.41) is 0. The molecule has 0 bridgehead atoms. The first kappa shape index (κ1) is 49.6. The number of hydrogen-bond acceptors (Lipinski definition) is 8. The Morgan fingerprint density at radius 1 is 0.528 bits per heavy atom. The number of hydrogen-bond donors (Lipinski definition) is 0. The minimum absolute atomic E-state index is 0.00123. The molecule has 53 heavy (non-hydrogen) atoms. The fraction of sp³-hybridized carbons (Fsp3) is 1.00. The molecule has 3 saturated heterocycles. The number of alkyl halides is 16. The van der Waals surface area contributed by atoms with Crippen molar-refractivity contribution in [3.8, 4) is 0 Å². The number of piperidine rings is 1. The summed E-state index contributed by atoms with van der Waals surface area (Å²) in [4.78, 5) is 2.37. The van der Waals surface area contributed by atoms with Crippen molar-refractivity contribution >= 4 is 0 Å². The summed E-state index contributed by atoms with van der Waals surface area (Å²) < 4.78 is 227. The van der Waals surface area contributed by atoms with Crippen molar-refractivity contribution in [3.63, 3.8) is 0 Å². The second kappa shape index (κ2) is 18.2. The predicted molar refractivity (Wildman–Crippen MR) is 156 cm³/mol. The summed E-state index contributed by atoms with van der Waals surface area (Å²) in [7, 11) is 2.57. The zero-order valence-corrected chi connectivity index (χ0v) is 30.0. The maximum Gasteiger partial charge on any atom is 0.434 e. The molecule has 3 aliphatic heterocycles. The normalized spacial score (nSPS) is 23.6. The fourth-order valence-corrected chi connectivity index (χ4v) is 5.24. The molecule has 2 atom stereocenters. The van der Waals surface area contributed by atoms with Crippen molar-refractivity contribution < 1.29 is 89.2 Å². The van der Waals surface area contributed by atoms with Crippen LogP contribution >= 0.6 is 0 Å². The van der Waals surface area contributed by atoms with E-state index in [1.165, 1.54) is 13.8 Å². The first-order chi connectivity index (χ1) is 23.8. The molecule has 3 aliphatic rings. The Hall–Kier alpha value is -1.44. The minimum Gasteiger partial charge on any atom is -0.373 e. The highest BCUT2D eigenvalue weighted by Crippen LogP contribution is 2.50. The first-order valence-electron chi connectivity index (χ1n) is 16.2. The van der Waals surface area contributed by atoms with Gasteiger partial charge in [-0.1, -0.05) is 6.92 Å². The third-order valence-corrected chi connectivity index (χ3v) is 8.57. The lowest BCUT2D eigenvalue weighted by Gasteiger charge is -2.43. The van der Waals surface area contributed by atoms with E-state index in [0.717, 1.165) is 6.92 Å². The van der Waals surface area contributed by atoms with Crippen molar-refractivity contribution in [2.45, 2.75) is 101 Å². The zero-order valence-electron chi connectivity index (χ0n) is 30.0. The number of piperazine rings is 1. The van der Waals surface area contributed by atoms with Gasteiger partial charge in [-0.15, -0.1) is 0 Å². The average Bonchev–Trinajstić information content (AvgIpc) is 3.04. The summed E-state index contributed by atoms with van der Waals surface area (Å²) in [5.41, 5.74) is 0. The first-order valence-corrected chi connectivity index (χ1v) is 16.2. The van der Waals surface area contributed by atoms with Gasteiger partial charge in [-0.05, 0) is 46.6 Å². The molecule has 3 rings (SSSR count). The molecule has 0 aromatic rings. The van der Waals surface area contributed by atoms with Gasteiger partial charge < -0.3 is 23.8 Å². The van der Waals surface area contributed by atoms with Crippen LogP contribution in [0.5, 0.6) is 0 Å². The number of likely N-dealkylation sites (N-methyl/N-ethyl adjacent to an activating group) is 1. The Morgan fingerprint density at radius 2 is 0.906 bits per heavy atom. The Bertz CT molecular complexity index is 1100. The number of nitrogens with zero attached hydrogens (tertiary/aromatic N) is 4. The molecule has 0 saturated carbocycles. The Morgan fingerprint density at radius 3 is 1.30 bits per heavy atom. The topological polar surface area (TPSA) is 49.9 Å². The van der Waals surface area contributed by atoms with Crippen LogP contribution in [0.25, 0.3) is 0 Å². The minimum atomic E-state index is -5.65. The van der Waals surface area contributed by atoms with Crippen molar-refractivity contribution in [1.29, 1.82) is 0 Å². The summed E-state index contributed by atoms with van der Waals surface area (Å²) in [5.74, 6) is -11.1.